The van der Waals surface area contributed by atoms with Gasteiger partial charge >= 0.3 is 0 Å². The Labute approximate surface area is 284 Å². The molecule has 0 spiro atoms. The van der Waals surface area contributed by atoms with Crippen LogP contribution in [-0.4, -0.2) is 78.6 Å². The van der Waals surface area contributed by atoms with E-state index in [-0.39, 0.29) is 42.5 Å². The molecule has 0 unspecified atom stereocenters. The van der Waals surface area contributed by atoms with Crippen molar-refractivity contribution in [2.45, 2.75) is 83.7 Å². The van der Waals surface area contributed by atoms with Gasteiger partial charge in [-0.15, -0.1) is 0 Å². The lowest BCUT2D eigenvalue weighted by Crippen LogP contribution is -2.46. The summed E-state index contributed by atoms with van der Waals surface area (Å²) in [6.07, 6.45) is 2.91. The maximum Gasteiger partial charge on any atom is 0.224 e. The van der Waals surface area contributed by atoms with Crippen LogP contribution in [0.5, 0.6) is 5.75 Å². The summed E-state index contributed by atoms with van der Waals surface area (Å²) in [5.41, 5.74) is 26.0. The third kappa shape index (κ3) is 14.2. The first-order chi connectivity index (χ1) is 22.7. The molecule has 264 valence electrons. The van der Waals surface area contributed by atoms with E-state index in [2.05, 4.69) is 10.3 Å². The van der Waals surface area contributed by atoms with Gasteiger partial charge in [-0.25, -0.2) is 0 Å². The second-order valence-corrected chi connectivity index (χ2v) is 13.0. The summed E-state index contributed by atoms with van der Waals surface area (Å²) in [6.45, 7) is 4.81. The number of phenolic OH excluding ortho intramolecular Hbond substituents is 1. The number of nitrogens with zero attached hydrogens (tertiary/aromatic N) is 2. The molecule has 12 heteroatoms. The number of unbranched alkanes of at least 4 members (excludes halogenated alkanes) is 1. The van der Waals surface area contributed by atoms with Crippen LogP contribution in [0.2, 0.25) is 0 Å². The number of rotatable bonds is 22. The van der Waals surface area contributed by atoms with Gasteiger partial charge < -0.3 is 38.3 Å². The topological polar surface area (TPSA) is 220 Å². The molecule has 48 heavy (non-hydrogen) atoms. The van der Waals surface area contributed by atoms with E-state index in [1.165, 1.54) is 0 Å². The minimum atomic E-state index is -0.870. The minimum Gasteiger partial charge on any atom is -0.508 e. The zero-order chi connectivity index (χ0) is 35.8. The minimum absolute atomic E-state index is 0.0423. The van der Waals surface area contributed by atoms with Gasteiger partial charge in [-0.2, -0.15) is 0 Å². The highest BCUT2D eigenvalue weighted by Crippen LogP contribution is 2.26. The van der Waals surface area contributed by atoms with Crippen molar-refractivity contribution in [3.63, 3.8) is 0 Å². The van der Waals surface area contributed by atoms with Gasteiger partial charge in [0.25, 0.3) is 0 Å². The summed E-state index contributed by atoms with van der Waals surface area (Å²) in [7, 11) is 3.93. The zero-order valence-electron chi connectivity index (χ0n) is 28.9. The Morgan fingerprint density at radius 3 is 2.06 bits per heavy atom. The van der Waals surface area contributed by atoms with Crippen LogP contribution in [0.15, 0.2) is 47.5 Å². The summed E-state index contributed by atoms with van der Waals surface area (Å²) in [5.74, 6) is -3.12. The van der Waals surface area contributed by atoms with Crippen molar-refractivity contribution in [1.82, 2.24) is 10.2 Å². The van der Waals surface area contributed by atoms with Gasteiger partial charge in [-0.3, -0.25) is 24.2 Å². The molecule has 2 amide bonds. The fourth-order valence-corrected chi connectivity index (χ4v) is 5.81. The van der Waals surface area contributed by atoms with Crippen LogP contribution in [0.3, 0.4) is 0 Å². The lowest BCUT2D eigenvalue weighted by atomic mass is 9.86. The number of hydrogen-bond donors (Lipinski definition) is 6. The first kappa shape index (κ1) is 39.9. The molecule has 10 N–H and O–H groups in total. The number of Topliss-reactive ketones (excluding diaryl/α,β-unsaturated/α-hetero) is 2. The number of carbonyl (C=O) groups excluding carboxylic acids is 4. The number of amides is 2. The van der Waals surface area contributed by atoms with Gasteiger partial charge in [-0.05, 0) is 114 Å². The number of nitrogens with two attached hydrogens (primary N) is 4. The predicted octanol–water partition coefficient (Wildman–Crippen LogP) is 2.03. The largest absolute Gasteiger partial charge is 0.508 e. The third-order valence-corrected chi connectivity index (χ3v) is 8.56. The van der Waals surface area contributed by atoms with E-state index in [0.717, 1.165) is 35.2 Å². The quantitative estimate of drug-likeness (QED) is 0.0614. The number of benzene rings is 2. The summed E-state index contributed by atoms with van der Waals surface area (Å²) in [4.78, 5) is 59.6. The van der Waals surface area contributed by atoms with E-state index >= 15 is 0 Å². The molecular formula is C36H55N7O5. The molecule has 0 aliphatic rings. The van der Waals surface area contributed by atoms with E-state index in [1.807, 2.05) is 63.2 Å². The van der Waals surface area contributed by atoms with Crippen molar-refractivity contribution >= 4 is 29.3 Å². The SMILES string of the molecule is Cc1cc(O)cc(C)c1C[C@H](CC(=O)[C@H](N)CCCN=C(N)N)C(=O)N[C@@H](CCCCN(C)C)C(=O)C[C@@H](Cc1ccccc1)C(N)=O. The molecule has 2 aromatic carbocycles. The van der Waals surface area contributed by atoms with Crippen molar-refractivity contribution in [3.05, 3.63) is 64.7 Å². The van der Waals surface area contributed by atoms with E-state index in [1.54, 1.807) is 12.1 Å². The fraction of sp³-hybridized carbons (Fsp3) is 0.528. The number of aryl methyl sites for hydroxylation is 2. The van der Waals surface area contributed by atoms with Crippen LogP contribution < -0.4 is 28.3 Å². The number of aromatic hydroxyl groups is 1. The molecule has 0 fully saturated rings. The highest BCUT2D eigenvalue weighted by atomic mass is 16.3. The summed E-state index contributed by atoms with van der Waals surface area (Å²) >= 11 is 0. The molecule has 0 saturated carbocycles. The molecule has 4 atom stereocenters. The average molecular weight is 666 g/mol. The Morgan fingerprint density at radius 2 is 1.48 bits per heavy atom. The van der Waals surface area contributed by atoms with Crippen LogP contribution in [0.1, 0.15) is 67.2 Å². The molecule has 0 heterocycles. The molecule has 0 aromatic heterocycles. The Kier molecular flexibility index (Phi) is 16.8. The fourth-order valence-electron chi connectivity index (χ4n) is 5.81. The van der Waals surface area contributed by atoms with Gasteiger partial charge in [0.15, 0.2) is 11.7 Å². The molecule has 0 radical (unpaired) electrons. The Balaban J connectivity index is 2.32. The second-order valence-electron chi connectivity index (χ2n) is 13.0. The summed E-state index contributed by atoms with van der Waals surface area (Å²) < 4.78 is 0. The van der Waals surface area contributed by atoms with Crippen molar-refractivity contribution in [2.24, 2.45) is 39.8 Å². The second kappa shape index (κ2) is 20.2. The van der Waals surface area contributed by atoms with Crippen molar-refractivity contribution in [1.29, 1.82) is 0 Å². The number of guanidine groups is 1. The maximum atomic E-state index is 14.0. The number of aliphatic imine (C=N–C) groups is 1. The summed E-state index contributed by atoms with van der Waals surface area (Å²) in [5, 5.41) is 13.0. The molecule has 0 aliphatic heterocycles. The number of primary amides is 1. The Bertz CT molecular complexity index is 1370. The van der Waals surface area contributed by atoms with E-state index in [4.69, 9.17) is 22.9 Å². The van der Waals surface area contributed by atoms with Gasteiger partial charge in [0.05, 0.1) is 12.1 Å². The third-order valence-electron chi connectivity index (χ3n) is 8.56. The number of hydrogen-bond acceptors (Lipinski definition) is 8. The lowest BCUT2D eigenvalue weighted by molar-refractivity contribution is -0.133. The van der Waals surface area contributed by atoms with Crippen molar-refractivity contribution in [2.75, 3.05) is 27.2 Å². The molecule has 2 aromatic rings. The first-order valence-corrected chi connectivity index (χ1v) is 16.6. The normalized spacial score (nSPS) is 13.7. The molecule has 12 nitrogen and oxygen atoms in total. The number of nitrogens with one attached hydrogen (secondary N) is 1. The van der Waals surface area contributed by atoms with Crippen molar-refractivity contribution < 1.29 is 24.3 Å². The van der Waals surface area contributed by atoms with Crippen LogP contribution in [0.4, 0.5) is 0 Å². The number of phenols is 1. The van der Waals surface area contributed by atoms with Crippen LogP contribution in [-0.2, 0) is 32.0 Å². The van der Waals surface area contributed by atoms with E-state index in [0.29, 0.717) is 38.6 Å². The van der Waals surface area contributed by atoms with E-state index in [9.17, 15) is 24.3 Å². The van der Waals surface area contributed by atoms with Crippen molar-refractivity contribution in [3.8, 4) is 5.75 Å². The monoisotopic (exact) mass is 665 g/mol. The number of ketones is 2. The highest BCUT2D eigenvalue weighted by Gasteiger charge is 2.31. The molecular weight excluding hydrogens is 610 g/mol. The van der Waals surface area contributed by atoms with Crippen LogP contribution in [0, 0.1) is 25.7 Å². The summed E-state index contributed by atoms with van der Waals surface area (Å²) in [6, 6.07) is 10.9. The van der Waals surface area contributed by atoms with Gasteiger partial charge in [-0.1, -0.05) is 30.3 Å². The molecule has 0 bridgehead atoms. The van der Waals surface area contributed by atoms with Crippen LogP contribution >= 0.6 is 0 Å². The number of carbonyl (C=O) groups is 4. The molecule has 0 saturated heterocycles. The van der Waals surface area contributed by atoms with E-state index < -0.39 is 35.7 Å². The van der Waals surface area contributed by atoms with Crippen LogP contribution in [0.25, 0.3) is 0 Å². The van der Waals surface area contributed by atoms with Gasteiger partial charge in [0.1, 0.15) is 11.5 Å². The standard InChI is InChI=1S/C36H55N7O5/c1-23-17-28(44)18-24(2)29(23)20-27(22-32(45)30(37)13-10-15-41-36(39)40)35(48)42-31(14-8-9-16-43(3)4)33(46)21-26(34(38)47)19-25-11-6-5-7-12-25/h5-7,11-12,17-18,26-27,30-31,44H,8-10,13-16,19-22,37H2,1-4H3,(H2,38,47)(H,42,48)(H4,39,40,41)/t26-,27-,30-,31+/m1/s1. The van der Waals surface area contributed by atoms with Gasteiger partial charge in [0.2, 0.25) is 11.8 Å². The first-order valence-electron chi connectivity index (χ1n) is 16.6. The smallest absolute Gasteiger partial charge is 0.224 e. The lowest BCUT2D eigenvalue weighted by Gasteiger charge is -2.25. The highest BCUT2D eigenvalue weighted by molar-refractivity contribution is 5.94. The maximum absolute atomic E-state index is 14.0. The molecule has 2 rings (SSSR count). The Hall–Kier alpha value is -4.29. The van der Waals surface area contributed by atoms with Gasteiger partial charge in [0, 0.05) is 31.2 Å². The average Bonchev–Trinajstić information content (AvgIpc) is 3.01. The molecule has 0 aliphatic carbocycles. The zero-order valence-corrected chi connectivity index (χ0v) is 28.9. The predicted molar refractivity (Wildman–Crippen MR) is 189 cm³/mol. The Morgan fingerprint density at radius 1 is 0.854 bits per heavy atom.